The average molecular weight is 451 g/mol. The second-order valence-corrected chi connectivity index (χ2v) is 7.59. The number of thiazole rings is 1. The van der Waals surface area contributed by atoms with Crippen LogP contribution in [0.3, 0.4) is 0 Å². The van der Waals surface area contributed by atoms with Gasteiger partial charge >= 0.3 is 6.18 Å². The van der Waals surface area contributed by atoms with E-state index in [0.29, 0.717) is 22.0 Å². The fraction of sp³-hybridized carbons (Fsp3) is 0.238. The molecule has 1 atom stereocenters. The standard InChI is InChI=1S/C21H20F3N3O3S/c22-21(23,24)17-3-1-2-4-18(17)25-10-13-5-7-14(8-6-13)19(30)27-20-26-15(12-31-20)9-16(29)11-28/h1-8,12,16,25,28-29H,9-11H2,(H,26,27,30). The molecule has 31 heavy (non-hydrogen) atoms. The van der Waals surface area contributed by atoms with E-state index in [9.17, 15) is 23.1 Å². The van der Waals surface area contributed by atoms with Gasteiger partial charge in [0.25, 0.3) is 5.91 Å². The minimum Gasteiger partial charge on any atom is -0.394 e. The molecule has 0 aliphatic heterocycles. The Balaban J connectivity index is 1.59. The normalized spacial score (nSPS) is 12.4. The van der Waals surface area contributed by atoms with Crippen molar-refractivity contribution >= 4 is 28.1 Å². The second kappa shape index (κ2) is 9.90. The van der Waals surface area contributed by atoms with Crippen molar-refractivity contribution in [3.8, 4) is 0 Å². The summed E-state index contributed by atoms with van der Waals surface area (Å²) in [5, 5.41) is 25.8. The highest BCUT2D eigenvalue weighted by atomic mass is 32.1. The molecule has 10 heteroatoms. The Morgan fingerprint density at radius 3 is 2.52 bits per heavy atom. The number of benzene rings is 2. The summed E-state index contributed by atoms with van der Waals surface area (Å²) in [6, 6.07) is 11.7. The second-order valence-electron chi connectivity index (χ2n) is 6.73. The molecule has 0 spiro atoms. The maximum atomic E-state index is 13.1. The Bertz CT molecular complexity index is 1020. The molecule has 0 fully saturated rings. The molecule has 164 valence electrons. The third kappa shape index (κ3) is 6.27. The average Bonchev–Trinajstić information content (AvgIpc) is 3.18. The largest absolute Gasteiger partial charge is 0.418 e. The first-order chi connectivity index (χ1) is 14.8. The minimum absolute atomic E-state index is 0.0114. The molecule has 0 aliphatic carbocycles. The van der Waals surface area contributed by atoms with Crippen molar-refractivity contribution in [3.63, 3.8) is 0 Å². The van der Waals surface area contributed by atoms with Gasteiger partial charge in [-0.15, -0.1) is 11.3 Å². The van der Waals surface area contributed by atoms with Gasteiger partial charge in [-0.1, -0.05) is 24.3 Å². The summed E-state index contributed by atoms with van der Waals surface area (Å²) in [5.41, 5.74) is 0.889. The van der Waals surface area contributed by atoms with Crippen LogP contribution in [0, 0.1) is 0 Å². The molecule has 2 aromatic carbocycles. The molecule has 1 heterocycles. The smallest absolute Gasteiger partial charge is 0.394 e. The highest BCUT2D eigenvalue weighted by Gasteiger charge is 2.33. The molecule has 1 amide bonds. The Morgan fingerprint density at radius 1 is 1.13 bits per heavy atom. The van der Waals surface area contributed by atoms with Crippen LogP contribution in [-0.4, -0.2) is 33.8 Å². The molecular weight excluding hydrogens is 431 g/mol. The molecular formula is C21H20F3N3O3S. The van der Waals surface area contributed by atoms with E-state index >= 15 is 0 Å². The lowest BCUT2D eigenvalue weighted by Crippen LogP contribution is -2.15. The van der Waals surface area contributed by atoms with Crippen molar-refractivity contribution in [2.45, 2.75) is 25.2 Å². The van der Waals surface area contributed by atoms with Crippen molar-refractivity contribution in [1.82, 2.24) is 4.98 Å². The fourth-order valence-corrected chi connectivity index (χ4v) is 3.51. The van der Waals surface area contributed by atoms with Crippen molar-refractivity contribution < 1.29 is 28.2 Å². The molecule has 0 saturated carbocycles. The number of anilines is 2. The van der Waals surface area contributed by atoms with Gasteiger partial charge in [0.2, 0.25) is 0 Å². The van der Waals surface area contributed by atoms with Gasteiger partial charge in [0, 0.05) is 29.6 Å². The van der Waals surface area contributed by atoms with Crippen molar-refractivity contribution in [1.29, 1.82) is 0 Å². The van der Waals surface area contributed by atoms with Crippen molar-refractivity contribution in [2.75, 3.05) is 17.2 Å². The summed E-state index contributed by atoms with van der Waals surface area (Å²) >= 11 is 1.20. The minimum atomic E-state index is -4.45. The molecule has 6 nitrogen and oxygen atoms in total. The Kier molecular flexibility index (Phi) is 7.26. The first-order valence-corrected chi connectivity index (χ1v) is 10.2. The van der Waals surface area contributed by atoms with E-state index in [1.165, 1.54) is 29.5 Å². The Labute approximate surface area is 180 Å². The molecule has 1 aromatic heterocycles. The molecule has 3 aromatic rings. The summed E-state index contributed by atoms with van der Waals surface area (Å²) in [5.74, 6) is -0.384. The first kappa shape index (κ1) is 22.7. The number of hydrogen-bond donors (Lipinski definition) is 4. The zero-order valence-electron chi connectivity index (χ0n) is 16.2. The number of nitrogens with one attached hydrogen (secondary N) is 2. The van der Waals surface area contributed by atoms with Gasteiger partial charge in [-0.05, 0) is 29.8 Å². The van der Waals surface area contributed by atoms with Crippen LogP contribution in [0.1, 0.15) is 27.2 Å². The van der Waals surface area contributed by atoms with Gasteiger partial charge < -0.3 is 15.5 Å². The predicted molar refractivity (Wildman–Crippen MR) is 112 cm³/mol. The lowest BCUT2D eigenvalue weighted by atomic mass is 10.1. The van der Waals surface area contributed by atoms with Crippen LogP contribution in [0.15, 0.2) is 53.9 Å². The molecule has 0 bridgehead atoms. The van der Waals surface area contributed by atoms with E-state index in [0.717, 1.165) is 6.07 Å². The monoisotopic (exact) mass is 451 g/mol. The van der Waals surface area contributed by atoms with Crippen LogP contribution in [0.2, 0.25) is 0 Å². The number of rotatable bonds is 8. The SMILES string of the molecule is O=C(Nc1nc(CC(O)CO)cs1)c1ccc(CNc2ccccc2C(F)(F)F)cc1. The van der Waals surface area contributed by atoms with Gasteiger partial charge in [0.15, 0.2) is 5.13 Å². The molecule has 4 N–H and O–H groups in total. The van der Waals surface area contributed by atoms with Gasteiger partial charge in [-0.25, -0.2) is 4.98 Å². The number of halogens is 3. The molecule has 0 saturated heterocycles. The zero-order chi connectivity index (χ0) is 22.4. The number of aliphatic hydroxyl groups is 2. The van der Waals surface area contributed by atoms with Crippen LogP contribution in [0.5, 0.6) is 0 Å². The van der Waals surface area contributed by atoms with E-state index in [1.807, 2.05) is 0 Å². The quantitative estimate of drug-likeness (QED) is 0.417. The number of para-hydroxylation sites is 1. The summed E-state index contributed by atoms with van der Waals surface area (Å²) in [7, 11) is 0. The van der Waals surface area contributed by atoms with Gasteiger partial charge in [-0.3, -0.25) is 10.1 Å². The van der Waals surface area contributed by atoms with E-state index in [4.69, 9.17) is 5.11 Å². The van der Waals surface area contributed by atoms with Crippen LogP contribution >= 0.6 is 11.3 Å². The third-order valence-corrected chi connectivity index (χ3v) is 5.17. The van der Waals surface area contributed by atoms with E-state index < -0.39 is 17.8 Å². The summed E-state index contributed by atoms with van der Waals surface area (Å²) in [4.78, 5) is 16.6. The molecule has 0 aliphatic rings. The first-order valence-electron chi connectivity index (χ1n) is 9.30. The molecule has 1 unspecified atom stereocenters. The van der Waals surface area contributed by atoms with Gasteiger partial charge in [-0.2, -0.15) is 13.2 Å². The van der Waals surface area contributed by atoms with Crippen molar-refractivity contribution in [3.05, 3.63) is 76.3 Å². The third-order valence-electron chi connectivity index (χ3n) is 4.36. The number of amides is 1. The van der Waals surface area contributed by atoms with Crippen LogP contribution < -0.4 is 10.6 Å². The zero-order valence-corrected chi connectivity index (χ0v) is 17.0. The van der Waals surface area contributed by atoms with Crippen molar-refractivity contribution in [2.24, 2.45) is 0 Å². The fourth-order valence-electron chi connectivity index (χ4n) is 2.79. The van der Waals surface area contributed by atoms with Crippen LogP contribution in [0.25, 0.3) is 0 Å². The van der Waals surface area contributed by atoms with Gasteiger partial charge in [0.05, 0.1) is 24.0 Å². The molecule has 3 rings (SSSR count). The lowest BCUT2D eigenvalue weighted by molar-refractivity contribution is -0.137. The number of nitrogens with zero attached hydrogens (tertiary/aromatic N) is 1. The van der Waals surface area contributed by atoms with Crippen LogP contribution in [0.4, 0.5) is 24.0 Å². The Hall–Kier alpha value is -2.95. The van der Waals surface area contributed by atoms with E-state index in [-0.39, 0.29) is 31.2 Å². The number of alkyl halides is 3. The van der Waals surface area contributed by atoms with Crippen LogP contribution in [-0.2, 0) is 19.1 Å². The highest BCUT2D eigenvalue weighted by Crippen LogP contribution is 2.34. The summed E-state index contributed by atoms with van der Waals surface area (Å²) in [6.07, 6.45) is -5.17. The predicted octanol–water partition coefficient (Wildman–Crippen LogP) is 3.92. The highest BCUT2D eigenvalue weighted by molar-refractivity contribution is 7.14. The van der Waals surface area contributed by atoms with E-state index in [2.05, 4.69) is 15.6 Å². The summed E-state index contributed by atoms with van der Waals surface area (Å²) < 4.78 is 39.2. The van der Waals surface area contributed by atoms with Gasteiger partial charge in [0.1, 0.15) is 0 Å². The number of carbonyl (C=O) groups excluding carboxylic acids is 1. The molecule has 0 radical (unpaired) electrons. The topological polar surface area (TPSA) is 94.5 Å². The number of carbonyl (C=O) groups is 1. The number of aliphatic hydroxyl groups excluding tert-OH is 2. The number of aromatic nitrogens is 1. The Morgan fingerprint density at radius 2 is 1.84 bits per heavy atom. The van der Waals surface area contributed by atoms with E-state index in [1.54, 1.807) is 29.6 Å². The maximum absolute atomic E-state index is 13.1. The summed E-state index contributed by atoms with van der Waals surface area (Å²) in [6.45, 7) is -0.208. The lowest BCUT2D eigenvalue weighted by Gasteiger charge is -2.14. The number of hydrogen-bond acceptors (Lipinski definition) is 6. The maximum Gasteiger partial charge on any atom is 0.418 e.